The average Bonchev–Trinajstić information content (AvgIpc) is 3.22. The molecule has 1 unspecified atom stereocenters. The molecule has 1 saturated carbocycles. The molecule has 1 atom stereocenters. The fourth-order valence-electron chi connectivity index (χ4n) is 4.18. The summed E-state index contributed by atoms with van der Waals surface area (Å²) < 4.78 is 5.35. The maximum absolute atomic E-state index is 12.8. The number of carbonyl (C=O) groups excluding carboxylic acids is 2. The first-order valence-corrected chi connectivity index (χ1v) is 10.5. The molecule has 2 aromatic carbocycles. The highest BCUT2D eigenvalue weighted by Crippen LogP contribution is 2.40. The lowest BCUT2D eigenvalue weighted by Crippen LogP contribution is -2.45. The number of benzene rings is 2. The van der Waals surface area contributed by atoms with Crippen LogP contribution < -0.4 is 20.7 Å². The van der Waals surface area contributed by atoms with Crippen LogP contribution in [-0.2, 0) is 15.0 Å². The molecular formula is C24H31N3O3. The number of hydrogen-bond donors (Lipinski definition) is 3. The quantitative estimate of drug-likeness (QED) is 0.614. The van der Waals surface area contributed by atoms with Gasteiger partial charge in [0.25, 0.3) is 0 Å². The summed E-state index contributed by atoms with van der Waals surface area (Å²) >= 11 is 0. The van der Waals surface area contributed by atoms with E-state index in [1.807, 2.05) is 13.0 Å². The molecule has 6 nitrogen and oxygen atoms in total. The van der Waals surface area contributed by atoms with Crippen LogP contribution in [0.3, 0.4) is 0 Å². The third-order valence-electron chi connectivity index (χ3n) is 5.86. The van der Waals surface area contributed by atoms with Gasteiger partial charge in [0.1, 0.15) is 5.75 Å². The van der Waals surface area contributed by atoms with Crippen molar-refractivity contribution in [1.29, 1.82) is 0 Å². The van der Waals surface area contributed by atoms with Gasteiger partial charge < -0.3 is 20.7 Å². The Kier molecular flexibility index (Phi) is 7.11. The molecule has 0 bridgehead atoms. The first-order chi connectivity index (χ1) is 14.4. The molecule has 160 valence electrons. The standard InChI is InChI=1S/C24H31N3O3/c1-17(25-16-24(13-7-8-14-24)19-9-5-4-6-10-19)23(29)27-21-15-20(26-18(2)28)11-12-22(21)30-3/h4-6,9-12,15,17,25H,7-8,13-14,16H2,1-3H3,(H,26,28)(H,27,29). The van der Waals surface area contributed by atoms with Crippen molar-refractivity contribution in [3.63, 3.8) is 0 Å². The molecule has 1 aliphatic rings. The SMILES string of the molecule is COc1ccc(NC(C)=O)cc1NC(=O)C(C)NCC1(c2ccccc2)CCCC1. The number of methoxy groups -OCH3 is 1. The Morgan fingerprint density at radius 2 is 1.77 bits per heavy atom. The first-order valence-electron chi connectivity index (χ1n) is 10.5. The fraction of sp³-hybridized carbons (Fsp3) is 0.417. The third kappa shape index (κ3) is 5.19. The fourth-order valence-corrected chi connectivity index (χ4v) is 4.18. The Morgan fingerprint density at radius 3 is 2.40 bits per heavy atom. The van der Waals surface area contributed by atoms with Crippen molar-refractivity contribution in [3.05, 3.63) is 54.1 Å². The molecule has 2 aromatic rings. The highest BCUT2D eigenvalue weighted by Gasteiger charge is 2.35. The second-order valence-corrected chi connectivity index (χ2v) is 8.04. The molecule has 0 aromatic heterocycles. The predicted octanol–water partition coefficient (Wildman–Crippen LogP) is 4.08. The summed E-state index contributed by atoms with van der Waals surface area (Å²) in [6, 6.07) is 15.4. The zero-order valence-electron chi connectivity index (χ0n) is 18.0. The summed E-state index contributed by atoms with van der Waals surface area (Å²) in [5.41, 5.74) is 2.56. The second-order valence-electron chi connectivity index (χ2n) is 8.04. The number of ether oxygens (including phenoxy) is 1. The van der Waals surface area contributed by atoms with E-state index in [0.717, 1.165) is 19.4 Å². The topological polar surface area (TPSA) is 79.5 Å². The largest absolute Gasteiger partial charge is 0.495 e. The molecule has 1 aliphatic carbocycles. The zero-order chi connectivity index (χ0) is 21.6. The summed E-state index contributed by atoms with van der Waals surface area (Å²) in [4.78, 5) is 24.2. The van der Waals surface area contributed by atoms with Crippen LogP contribution in [0.4, 0.5) is 11.4 Å². The molecule has 3 N–H and O–H groups in total. The Balaban J connectivity index is 1.67. The number of rotatable bonds is 8. The summed E-state index contributed by atoms with van der Waals surface area (Å²) in [7, 11) is 1.55. The van der Waals surface area contributed by atoms with E-state index in [0.29, 0.717) is 17.1 Å². The maximum Gasteiger partial charge on any atom is 0.241 e. The number of amides is 2. The van der Waals surface area contributed by atoms with Gasteiger partial charge in [-0.15, -0.1) is 0 Å². The molecule has 3 rings (SSSR count). The molecule has 6 heteroatoms. The van der Waals surface area contributed by atoms with E-state index in [9.17, 15) is 9.59 Å². The van der Waals surface area contributed by atoms with Gasteiger partial charge in [-0.2, -0.15) is 0 Å². The molecule has 0 aliphatic heterocycles. The lowest BCUT2D eigenvalue weighted by molar-refractivity contribution is -0.118. The smallest absolute Gasteiger partial charge is 0.241 e. The molecule has 0 saturated heterocycles. The zero-order valence-corrected chi connectivity index (χ0v) is 18.0. The minimum Gasteiger partial charge on any atom is -0.495 e. The van der Waals surface area contributed by atoms with Crippen LogP contribution in [0.1, 0.15) is 45.1 Å². The summed E-state index contributed by atoms with van der Waals surface area (Å²) in [5, 5.41) is 9.09. The molecule has 0 spiro atoms. The second kappa shape index (κ2) is 9.76. The number of carbonyl (C=O) groups is 2. The van der Waals surface area contributed by atoms with E-state index in [1.165, 1.54) is 25.3 Å². The van der Waals surface area contributed by atoms with Gasteiger partial charge in [-0.25, -0.2) is 0 Å². The van der Waals surface area contributed by atoms with Crippen LogP contribution >= 0.6 is 0 Å². The van der Waals surface area contributed by atoms with E-state index in [1.54, 1.807) is 25.3 Å². The van der Waals surface area contributed by atoms with Crippen molar-refractivity contribution < 1.29 is 14.3 Å². The molecule has 30 heavy (non-hydrogen) atoms. The van der Waals surface area contributed by atoms with Gasteiger partial charge in [0, 0.05) is 24.6 Å². The van der Waals surface area contributed by atoms with Crippen molar-refractivity contribution in [2.24, 2.45) is 0 Å². The lowest BCUT2D eigenvalue weighted by atomic mass is 9.78. The molecular weight excluding hydrogens is 378 g/mol. The van der Waals surface area contributed by atoms with Crippen molar-refractivity contribution in [1.82, 2.24) is 5.32 Å². The van der Waals surface area contributed by atoms with E-state index >= 15 is 0 Å². The molecule has 0 radical (unpaired) electrons. The molecule has 0 heterocycles. The number of anilines is 2. The van der Waals surface area contributed by atoms with Gasteiger partial charge in [0.2, 0.25) is 11.8 Å². The number of hydrogen-bond acceptors (Lipinski definition) is 4. The normalized spacial score (nSPS) is 16.0. The highest BCUT2D eigenvalue weighted by atomic mass is 16.5. The van der Waals surface area contributed by atoms with E-state index in [4.69, 9.17) is 4.74 Å². The summed E-state index contributed by atoms with van der Waals surface area (Å²) in [6.45, 7) is 4.07. The van der Waals surface area contributed by atoms with Crippen LogP contribution in [0.15, 0.2) is 48.5 Å². The van der Waals surface area contributed by atoms with Gasteiger partial charge in [0.15, 0.2) is 0 Å². The minimum absolute atomic E-state index is 0.0822. The first kappa shape index (κ1) is 21.8. The maximum atomic E-state index is 12.8. The van der Waals surface area contributed by atoms with E-state index in [2.05, 4.69) is 40.2 Å². The van der Waals surface area contributed by atoms with Gasteiger partial charge in [-0.05, 0) is 43.5 Å². The summed E-state index contributed by atoms with van der Waals surface area (Å²) in [6.07, 6.45) is 4.68. The van der Waals surface area contributed by atoms with E-state index in [-0.39, 0.29) is 23.3 Å². The lowest BCUT2D eigenvalue weighted by Gasteiger charge is -2.31. The third-order valence-corrected chi connectivity index (χ3v) is 5.86. The Labute approximate surface area is 178 Å². The van der Waals surface area contributed by atoms with E-state index < -0.39 is 0 Å². The van der Waals surface area contributed by atoms with Crippen molar-refractivity contribution >= 4 is 23.2 Å². The monoisotopic (exact) mass is 409 g/mol. The van der Waals surface area contributed by atoms with Crippen LogP contribution in [0, 0.1) is 0 Å². The Hall–Kier alpha value is -2.86. The van der Waals surface area contributed by atoms with Crippen molar-refractivity contribution in [3.8, 4) is 5.75 Å². The highest BCUT2D eigenvalue weighted by molar-refractivity contribution is 5.97. The molecule has 1 fully saturated rings. The van der Waals surface area contributed by atoms with Gasteiger partial charge in [-0.1, -0.05) is 43.2 Å². The Morgan fingerprint density at radius 1 is 1.07 bits per heavy atom. The van der Waals surface area contributed by atoms with Crippen LogP contribution in [0.25, 0.3) is 0 Å². The van der Waals surface area contributed by atoms with Gasteiger partial charge in [-0.3, -0.25) is 9.59 Å². The average molecular weight is 410 g/mol. The van der Waals surface area contributed by atoms with Gasteiger partial charge in [0.05, 0.1) is 18.8 Å². The molecule has 2 amide bonds. The van der Waals surface area contributed by atoms with Crippen LogP contribution in [0.2, 0.25) is 0 Å². The predicted molar refractivity (Wildman–Crippen MR) is 120 cm³/mol. The van der Waals surface area contributed by atoms with Gasteiger partial charge >= 0.3 is 0 Å². The Bertz CT molecular complexity index is 877. The van der Waals surface area contributed by atoms with Crippen LogP contribution in [-0.4, -0.2) is 31.5 Å². The number of nitrogens with one attached hydrogen (secondary N) is 3. The van der Waals surface area contributed by atoms with Crippen molar-refractivity contribution in [2.45, 2.75) is 51.0 Å². The minimum atomic E-state index is -0.375. The van der Waals surface area contributed by atoms with Crippen LogP contribution in [0.5, 0.6) is 5.75 Å². The van der Waals surface area contributed by atoms with Crippen molar-refractivity contribution in [2.75, 3.05) is 24.3 Å². The summed E-state index contributed by atoms with van der Waals surface area (Å²) in [5.74, 6) is 0.228.